The topological polar surface area (TPSA) is 60.9 Å². The minimum atomic E-state index is -3.21. The van der Waals surface area contributed by atoms with Gasteiger partial charge in [-0.2, -0.15) is 4.31 Å². The molecule has 2 atom stereocenters. The molecular formula is C11H24N2O3S. The number of sulfonamides is 1. The third kappa shape index (κ3) is 3.91. The van der Waals surface area contributed by atoms with E-state index in [0.717, 1.165) is 0 Å². The first kappa shape index (κ1) is 14.9. The number of aliphatic hydroxyl groups excluding tert-OH is 1. The van der Waals surface area contributed by atoms with Gasteiger partial charge in [-0.15, -0.1) is 0 Å². The normalized spacial score (nSPS) is 27.9. The number of aliphatic hydroxyl groups is 1. The largest absolute Gasteiger partial charge is 0.390 e. The van der Waals surface area contributed by atoms with Gasteiger partial charge in [0.05, 0.1) is 11.9 Å². The lowest BCUT2D eigenvalue weighted by atomic mass is 10.0. The van der Waals surface area contributed by atoms with E-state index >= 15 is 0 Å². The molecule has 1 saturated heterocycles. The van der Waals surface area contributed by atoms with Gasteiger partial charge in [-0.1, -0.05) is 13.8 Å². The van der Waals surface area contributed by atoms with Crippen molar-refractivity contribution in [3.8, 4) is 0 Å². The molecule has 5 nitrogen and oxygen atoms in total. The van der Waals surface area contributed by atoms with Crippen molar-refractivity contribution in [3.05, 3.63) is 0 Å². The van der Waals surface area contributed by atoms with Crippen LogP contribution < -0.4 is 0 Å². The Balaban J connectivity index is 2.66. The molecule has 1 aliphatic rings. The van der Waals surface area contributed by atoms with Crippen LogP contribution in [0.15, 0.2) is 0 Å². The van der Waals surface area contributed by atoms with Crippen LogP contribution in [0.25, 0.3) is 0 Å². The molecule has 102 valence electrons. The maximum absolute atomic E-state index is 12.0. The van der Waals surface area contributed by atoms with E-state index in [0.29, 0.717) is 13.0 Å². The fraction of sp³-hybridized carbons (Fsp3) is 1.00. The number of likely N-dealkylation sites (N-methyl/N-ethyl adjacent to an activating group) is 1. The van der Waals surface area contributed by atoms with E-state index in [9.17, 15) is 13.5 Å². The van der Waals surface area contributed by atoms with Crippen LogP contribution >= 0.6 is 0 Å². The zero-order valence-corrected chi connectivity index (χ0v) is 11.9. The number of hydrogen-bond acceptors (Lipinski definition) is 4. The molecule has 6 heteroatoms. The molecule has 1 aliphatic heterocycles. The molecule has 0 aromatic heterocycles. The van der Waals surface area contributed by atoms with E-state index < -0.39 is 16.1 Å². The van der Waals surface area contributed by atoms with Crippen LogP contribution in [0.2, 0.25) is 0 Å². The van der Waals surface area contributed by atoms with Crippen LogP contribution in [0.5, 0.6) is 0 Å². The lowest BCUT2D eigenvalue weighted by Crippen LogP contribution is -2.54. The number of piperidine rings is 1. The second-order valence-corrected chi connectivity index (χ2v) is 7.43. The van der Waals surface area contributed by atoms with E-state index in [1.165, 1.54) is 4.31 Å². The standard InChI is InChI=1S/C11H24N2O3S/c1-9(2)8-17(15,16)13-6-5-10(12(3)4)11(14)7-13/h9-11,14H,5-8H2,1-4H3/t10-,11-/m0/s1. The highest BCUT2D eigenvalue weighted by atomic mass is 32.2. The van der Waals surface area contributed by atoms with Gasteiger partial charge in [0.1, 0.15) is 0 Å². The van der Waals surface area contributed by atoms with Gasteiger partial charge in [0.2, 0.25) is 10.0 Å². The Hall–Kier alpha value is -0.170. The summed E-state index contributed by atoms with van der Waals surface area (Å²) < 4.78 is 25.5. The predicted octanol–water partition coefficient (Wildman–Crippen LogP) is -0.0310. The molecule has 1 rings (SSSR count). The quantitative estimate of drug-likeness (QED) is 0.774. The Morgan fingerprint density at radius 1 is 1.41 bits per heavy atom. The van der Waals surface area contributed by atoms with Gasteiger partial charge in [-0.05, 0) is 26.4 Å². The lowest BCUT2D eigenvalue weighted by molar-refractivity contribution is 0.0291. The SMILES string of the molecule is CC(C)CS(=O)(=O)N1CC[C@H](N(C)C)[C@@H](O)C1. The average Bonchev–Trinajstić information content (AvgIpc) is 2.14. The first-order valence-corrected chi connectivity index (χ1v) is 7.67. The van der Waals surface area contributed by atoms with Crippen LogP contribution in [-0.4, -0.2) is 67.8 Å². The van der Waals surface area contributed by atoms with Crippen molar-refractivity contribution in [3.63, 3.8) is 0 Å². The van der Waals surface area contributed by atoms with Crippen molar-refractivity contribution in [1.82, 2.24) is 9.21 Å². The molecule has 1 N–H and O–H groups in total. The van der Waals surface area contributed by atoms with Crippen LogP contribution in [0.1, 0.15) is 20.3 Å². The van der Waals surface area contributed by atoms with Gasteiger partial charge in [0.15, 0.2) is 0 Å². The smallest absolute Gasteiger partial charge is 0.214 e. The lowest BCUT2D eigenvalue weighted by Gasteiger charge is -2.38. The molecule has 0 radical (unpaired) electrons. The maximum Gasteiger partial charge on any atom is 0.214 e. The molecule has 1 heterocycles. The first-order valence-electron chi connectivity index (χ1n) is 6.06. The molecule has 1 fully saturated rings. The van der Waals surface area contributed by atoms with Crippen LogP contribution in [-0.2, 0) is 10.0 Å². The fourth-order valence-corrected chi connectivity index (χ4v) is 4.09. The number of hydrogen-bond donors (Lipinski definition) is 1. The van der Waals surface area contributed by atoms with Crippen LogP contribution in [0.3, 0.4) is 0 Å². The summed E-state index contributed by atoms with van der Waals surface area (Å²) in [5, 5.41) is 9.96. The average molecular weight is 264 g/mol. The van der Waals surface area contributed by atoms with Crippen molar-refractivity contribution in [2.75, 3.05) is 32.9 Å². The third-order valence-electron chi connectivity index (χ3n) is 3.11. The summed E-state index contributed by atoms with van der Waals surface area (Å²) in [5.41, 5.74) is 0. The Morgan fingerprint density at radius 2 is 2.00 bits per heavy atom. The summed E-state index contributed by atoms with van der Waals surface area (Å²) in [4.78, 5) is 1.96. The monoisotopic (exact) mass is 264 g/mol. The Morgan fingerprint density at radius 3 is 2.41 bits per heavy atom. The van der Waals surface area contributed by atoms with Gasteiger partial charge >= 0.3 is 0 Å². The van der Waals surface area contributed by atoms with Gasteiger partial charge in [0, 0.05) is 19.1 Å². The van der Waals surface area contributed by atoms with Crippen LogP contribution in [0, 0.1) is 5.92 Å². The summed E-state index contributed by atoms with van der Waals surface area (Å²) in [5.74, 6) is 0.274. The van der Waals surface area contributed by atoms with E-state index in [-0.39, 0.29) is 24.3 Å². The summed E-state index contributed by atoms with van der Waals surface area (Å²) in [6, 6.07) is 0.0560. The fourth-order valence-electron chi connectivity index (χ4n) is 2.27. The molecular weight excluding hydrogens is 240 g/mol. The molecule has 0 aliphatic carbocycles. The van der Waals surface area contributed by atoms with E-state index in [2.05, 4.69) is 0 Å². The third-order valence-corrected chi connectivity index (χ3v) is 5.32. The van der Waals surface area contributed by atoms with E-state index in [1.807, 2.05) is 32.8 Å². The minimum Gasteiger partial charge on any atom is -0.390 e. The van der Waals surface area contributed by atoms with Crippen molar-refractivity contribution >= 4 is 10.0 Å². The number of nitrogens with zero attached hydrogens (tertiary/aromatic N) is 2. The van der Waals surface area contributed by atoms with Crippen molar-refractivity contribution in [2.45, 2.75) is 32.4 Å². The summed E-state index contributed by atoms with van der Waals surface area (Å²) in [6.07, 6.45) is 0.0894. The Labute approximate surface area is 104 Å². The van der Waals surface area contributed by atoms with E-state index in [4.69, 9.17) is 0 Å². The maximum atomic E-state index is 12.0. The number of β-amino-alcohol motifs (C(OH)–C–C–N with tert-alkyl or cyclic N) is 1. The summed E-state index contributed by atoms with van der Waals surface area (Å²) >= 11 is 0. The van der Waals surface area contributed by atoms with Gasteiger partial charge in [-0.3, -0.25) is 0 Å². The molecule has 0 unspecified atom stereocenters. The molecule has 0 aromatic carbocycles. The highest BCUT2D eigenvalue weighted by molar-refractivity contribution is 7.89. The first-order chi connectivity index (χ1) is 7.74. The molecule has 0 amide bonds. The van der Waals surface area contributed by atoms with Gasteiger partial charge in [-0.25, -0.2) is 8.42 Å². The van der Waals surface area contributed by atoms with E-state index in [1.54, 1.807) is 0 Å². The number of rotatable bonds is 4. The highest BCUT2D eigenvalue weighted by Gasteiger charge is 2.34. The minimum absolute atomic E-state index is 0.0560. The van der Waals surface area contributed by atoms with Crippen molar-refractivity contribution in [2.24, 2.45) is 5.92 Å². The zero-order chi connectivity index (χ0) is 13.2. The second-order valence-electron chi connectivity index (χ2n) is 5.42. The van der Waals surface area contributed by atoms with Crippen molar-refractivity contribution < 1.29 is 13.5 Å². The van der Waals surface area contributed by atoms with Gasteiger partial charge in [0.25, 0.3) is 0 Å². The predicted molar refractivity (Wildman–Crippen MR) is 68.3 cm³/mol. The molecule has 0 spiro atoms. The second kappa shape index (κ2) is 5.65. The summed E-state index contributed by atoms with van der Waals surface area (Å²) in [7, 11) is 0.608. The summed E-state index contributed by atoms with van der Waals surface area (Å²) in [6.45, 7) is 4.51. The highest BCUT2D eigenvalue weighted by Crippen LogP contribution is 2.19. The molecule has 0 bridgehead atoms. The van der Waals surface area contributed by atoms with Gasteiger partial charge < -0.3 is 10.0 Å². The molecule has 17 heavy (non-hydrogen) atoms. The molecule has 0 aromatic rings. The Kier molecular flexibility index (Phi) is 4.95. The zero-order valence-electron chi connectivity index (χ0n) is 11.1. The Bertz CT molecular complexity index is 341. The van der Waals surface area contributed by atoms with Crippen molar-refractivity contribution in [1.29, 1.82) is 0 Å². The molecule has 0 saturated carbocycles. The van der Waals surface area contributed by atoms with Crippen LogP contribution in [0.4, 0.5) is 0 Å².